The summed E-state index contributed by atoms with van der Waals surface area (Å²) in [5.41, 5.74) is 0. The molecule has 1 N–H and O–H groups in total. The van der Waals surface area contributed by atoms with Gasteiger partial charge in [-0.2, -0.15) is 8.42 Å². The van der Waals surface area contributed by atoms with E-state index in [1.807, 2.05) is 0 Å². The molecule has 0 saturated heterocycles. The van der Waals surface area contributed by atoms with Crippen LogP contribution in [0.5, 0.6) is 0 Å². The molecule has 0 bridgehead atoms. The average molecular weight is 186 g/mol. The predicted octanol–water partition coefficient (Wildman–Crippen LogP) is 0.684. The summed E-state index contributed by atoms with van der Waals surface area (Å²) >= 11 is 0. The molecule has 1 aliphatic rings. The van der Waals surface area contributed by atoms with Crippen LogP contribution >= 0.6 is 0 Å². The van der Waals surface area contributed by atoms with Crippen LogP contribution in [0.3, 0.4) is 0 Å². The van der Waals surface area contributed by atoms with Crippen LogP contribution in [0.2, 0.25) is 0 Å². The standard InChI is InChI=1S/C6H10O3S.Na.H/c7-10(8,9)6-4-2-1-3-5-6;;/h4H,1-3,5H2,(H,7,8,9);;. The first kappa shape index (κ1) is 11.6. The first-order valence-corrected chi connectivity index (χ1v) is 4.71. The fraction of sp³-hybridized carbons (Fsp3) is 0.667. The van der Waals surface area contributed by atoms with Crippen molar-refractivity contribution in [2.75, 3.05) is 0 Å². The van der Waals surface area contributed by atoms with Crippen molar-refractivity contribution in [3.8, 4) is 0 Å². The normalized spacial score (nSPS) is 18.5. The molecule has 0 aromatic rings. The Morgan fingerprint density at radius 3 is 2.27 bits per heavy atom. The molecule has 3 nitrogen and oxygen atoms in total. The van der Waals surface area contributed by atoms with Crippen LogP contribution in [0.1, 0.15) is 25.7 Å². The summed E-state index contributed by atoms with van der Waals surface area (Å²) < 4.78 is 29.5. The molecule has 11 heavy (non-hydrogen) atoms. The topological polar surface area (TPSA) is 54.4 Å². The van der Waals surface area contributed by atoms with E-state index in [0.29, 0.717) is 6.42 Å². The second-order valence-electron chi connectivity index (χ2n) is 2.39. The van der Waals surface area contributed by atoms with E-state index in [4.69, 9.17) is 4.55 Å². The van der Waals surface area contributed by atoms with E-state index in [9.17, 15) is 8.42 Å². The Labute approximate surface area is 88.9 Å². The van der Waals surface area contributed by atoms with Crippen LogP contribution in [-0.4, -0.2) is 42.5 Å². The SMILES string of the molecule is O=S(=O)(O)C1=CCCCC1.[NaH]. The third-order valence-corrected chi connectivity index (χ3v) is 2.61. The van der Waals surface area contributed by atoms with Crippen molar-refractivity contribution in [1.82, 2.24) is 0 Å². The Bertz CT molecular complexity index is 243. The Kier molecular flexibility index (Phi) is 4.89. The van der Waals surface area contributed by atoms with E-state index in [2.05, 4.69) is 0 Å². The number of allylic oxidation sites excluding steroid dienone is 2. The number of rotatable bonds is 1. The van der Waals surface area contributed by atoms with Gasteiger partial charge < -0.3 is 0 Å². The van der Waals surface area contributed by atoms with E-state index in [1.165, 1.54) is 0 Å². The molecular weight excluding hydrogens is 175 g/mol. The zero-order chi connectivity index (χ0) is 7.61. The maximum atomic E-state index is 10.5. The summed E-state index contributed by atoms with van der Waals surface area (Å²) in [6.45, 7) is 0. The zero-order valence-electron chi connectivity index (χ0n) is 5.58. The minimum absolute atomic E-state index is 0. The molecule has 0 amide bonds. The summed E-state index contributed by atoms with van der Waals surface area (Å²) in [6, 6.07) is 0. The Balaban J connectivity index is 0.000001000. The van der Waals surface area contributed by atoms with Crippen LogP contribution in [0, 0.1) is 0 Å². The molecule has 0 fully saturated rings. The predicted molar refractivity (Wildman–Crippen MR) is 45.2 cm³/mol. The van der Waals surface area contributed by atoms with E-state index < -0.39 is 10.1 Å². The van der Waals surface area contributed by atoms with Crippen molar-refractivity contribution < 1.29 is 13.0 Å². The molecule has 60 valence electrons. The van der Waals surface area contributed by atoms with Gasteiger partial charge in [0.1, 0.15) is 0 Å². The van der Waals surface area contributed by atoms with Gasteiger partial charge in [-0.1, -0.05) is 6.08 Å². The Hall–Kier alpha value is 0.650. The quantitative estimate of drug-likeness (QED) is 0.484. The second-order valence-corrected chi connectivity index (χ2v) is 3.87. The van der Waals surface area contributed by atoms with Gasteiger partial charge in [0.05, 0.1) is 4.91 Å². The monoisotopic (exact) mass is 186 g/mol. The van der Waals surface area contributed by atoms with Crippen molar-refractivity contribution in [3.05, 3.63) is 11.0 Å². The fourth-order valence-corrected chi connectivity index (χ4v) is 1.77. The third kappa shape index (κ3) is 3.71. The van der Waals surface area contributed by atoms with Crippen molar-refractivity contribution in [2.45, 2.75) is 25.7 Å². The van der Waals surface area contributed by atoms with Gasteiger partial charge in [0, 0.05) is 0 Å². The molecule has 5 heteroatoms. The molecule has 0 aromatic carbocycles. The first-order valence-electron chi connectivity index (χ1n) is 3.27. The van der Waals surface area contributed by atoms with Gasteiger partial charge in [0.15, 0.2) is 0 Å². The zero-order valence-corrected chi connectivity index (χ0v) is 6.39. The van der Waals surface area contributed by atoms with Gasteiger partial charge in [0.2, 0.25) is 0 Å². The van der Waals surface area contributed by atoms with Crippen molar-refractivity contribution in [2.24, 2.45) is 0 Å². The van der Waals surface area contributed by atoms with Crippen LogP contribution in [0.15, 0.2) is 11.0 Å². The Morgan fingerprint density at radius 2 is 2.00 bits per heavy atom. The molecule has 0 aromatic heterocycles. The minimum atomic E-state index is -3.86. The molecule has 1 aliphatic carbocycles. The second kappa shape index (κ2) is 4.62. The summed E-state index contributed by atoms with van der Waals surface area (Å²) in [5, 5.41) is 0. The van der Waals surface area contributed by atoms with Gasteiger partial charge in [-0.15, -0.1) is 0 Å². The molecule has 0 spiro atoms. The first-order chi connectivity index (χ1) is 4.61. The van der Waals surface area contributed by atoms with E-state index >= 15 is 0 Å². The molecule has 0 aliphatic heterocycles. The summed E-state index contributed by atoms with van der Waals surface area (Å²) in [4.78, 5) is 0.193. The van der Waals surface area contributed by atoms with Crippen LogP contribution in [-0.2, 0) is 10.1 Å². The van der Waals surface area contributed by atoms with E-state index in [0.717, 1.165) is 19.3 Å². The maximum absolute atomic E-state index is 10.5. The van der Waals surface area contributed by atoms with Crippen LogP contribution < -0.4 is 0 Å². The van der Waals surface area contributed by atoms with Crippen LogP contribution in [0.25, 0.3) is 0 Å². The third-order valence-electron chi connectivity index (χ3n) is 1.58. The number of hydrogen-bond acceptors (Lipinski definition) is 2. The molecule has 0 heterocycles. The van der Waals surface area contributed by atoms with E-state index in [-0.39, 0.29) is 34.5 Å². The molecular formula is C6H11NaO3S. The van der Waals surface area contributed by atoms with Gasteiger partial charge in [-0.3, -0.25) is 4.55 Å². The molecule has 0 unspecified atom stereocenters. The average Bonchev–Trinajstić information content (AvgIpc) is 1.88. The molecule has 0 radical (unpaired) electrons. The van der Waals surface area contributed by atoms with Crippen LogP contribution in [0.4, 0.5) is 0 Å². The van der Waals surface area contributed by atoms with Crippen molar-refractivity contribution >= 4 is 39.7 Å². The van der Waals surface area contributed by atoms with E-state index in [1.54, 1.807) is 6.08 Å². The summed E-state index contributed by atoms with van der Waals surface area (Å²) in [7, 11) is -3.86. The van der Waals surface area contributed by atoms with Gasteiger partial charge in [-0.25, -0.2) is 0 Å². The van der Waals surface area contributed by atoms with Crippen molar-refractivity contribution in [3.63, 3.8) is 0 Å². The molecule has 1 rings (SSSR count). The fourth-order valence-electron chi connectivity index (χ4n) is 1.04. The van der Waals surface area contributed by atoms with Gasteiger partial charge in [0.25, 0.3) is 10.1 Å². The van der Waals surface area contributed by atoms with Crippen molar-refractivity contribution in [1.29, 1.82) is 0 Å². The Morgan fingerprint density at radius 1 is 1.36 bits per heavy atom. The van der Waals surface area contributed by atoms with Gasteiger partial charge >= 0.3 is 29.6 Å². The molecule has 0 atom stereocenters. The summed E-state index contributed by atoms with van der Waals surface area (Å²) in [5.74, 6) is 0. The summed E-state index contributed by atoms with van der Waals surface area (Å²) in [6.07, 6.45) is 4.76. The molecule has 0 saturated carbocycles. The number of hydrogen-bond donors (Lipinski definition) is 1. The van der Waals surface area contributed by atoms with Gasteiger partial charge in [-0.05, 0) is 25.7 Å².